The van der Waals surface area contributed by atoms with E-state index in [9.17, 15) is 0 Å². The van der Waals surface area contributed by atoms with Gasteiger partial charge < -0.3 is 9.47 Å². The second-order valence-electron chi connectivity index (χ2n) is 3.51. The van der Waals surface area contributed by atoms with Gasteiger partial charge in [-0.3, -0.25) is 0 Å². The van der Waals surface area contributed by atoms with Crippen LogP contribution in [0.25, 0.3) is 0 Å². The van der Waals surface area contributed by atoms with Gasteiger partial charge in [-0.15, -0.1) is 5.10 Å². The van der Waals surface area contributed by atoms with Crippen LogP contribution in [-0.2, 0) is 4.74 Å². The van der Waals surface area contributed by atoms with Crippen LogP contribution < -0.4 is 4.74 Å². The summed E-state index contributed by atoms with van der Waals surface area (Å²) in [5.41, 5.74) is 0.934. The second kappa shape index (κ2) is 4.77. The number of halogens is 1. The van der Waals surface area contributed by atoms with Crippen LogP contribution in [-0.4, -0.2) is 30.5 Å². The monoisotopic (exact) mass is 228 g/mol. The fourth-order valence-corrected chi connectivity index (χ4v) is 1.93. The molecule has 5 heteroatoms. The van der Waals surface area contributed by atoms with Gasteiger partial charge in [0.25, 0.3) is 5.88 Å². The van der Waals surface area contributed by atoms with E-state index >= 15 is 0 Å². The van der Waals surface area contributed by atoms with Gasteiger partial charge >= 0.3 is 0 Å². The molecular formula is C10H13ClN2O2. The topological polar surface area (TPSA) is 44.2 Å². The van der Waals surface area contributed by atoms with E-state index in [1.807, 2.05) is 6.07 Å². The molecule has 4 nitrogen and oxygen atoms in total. The maximum absolute atomic E-state index is 5.99. The molecule has 0 saturated carbocycles. The highest BCUT2D eigenvalue weighted by Gasteiger charge is 2.19. The minimum Gasteiger partial charge on any atom is -0.479 e. The Morgan fingerprint density at radius 3 is 2.73 bits per heavy atom. The van der Waals surface area contributed by atoms with Crippen molar-refractivity contribution in [1.82, 2.24) is 10.2 Å². The van der Waals surface area contributed by atoms with Gasteiger partial charge in [0.1, 0.15) is 5.02 Å². The molecule has 1 fully saturated rings. The summed E-state index contributed by atoms with van der Waals surface area (Å²) in [5, 5.41) is 8.57. The van der Waals surface area contributed by atoms with E-state index in [-0.39, 0.29) is 0 Å². The van der Waals surface area contributed by atoms with Gasteiger partial charge in [0.2, 0.25) is 0 Å². The Labute approximate surface area is 93.6 Å². The molecule has 0 spiro atoms. The summed E-state index contributed by atoms with van der Waals surface area (Å²) in [5.74, 6) is 0.794. The number of nitrogens with zero attached hydrogens (tertiary/aromatic N) is 2. The van der Waals surface area contributed by atoms with Crippen molar-refractivity contribution >= 4 is 11.6 Å². The normalized spacial score (nSPS) is 17.7. The number of hydrogen-bond donors (Lipinski definition) is 0. The molecule has 1 aliphatic rings. The summed E-state index contributed by atoms with van der Waals surface area (Å²) in [4.78, 5) is 0. The molecular weight excluding hydrogens is 216 g/mol. The van der Waals surface area contributed by atoms with Crippen LogP contribution in [0.1, 0.15) is 24.5 Å². The van der Waals surface area contributed by atoms with Gasteiger partial charge in [0, 0.05) is 19.1 Å². The highest BCUT2D eigenvalue weighted by Crippen LogP contribution is 2.29. The summed E-state index contributed by atoms with van der Waals surface area (Å²) in [6.07, 6.45) is 1.97. The highest BCUT2D eigenvalue weighted by molar-refractivity contribution is 6.31. The third kappa shape index (κ3) is 2.38. The molecule has 15 heavy (non-hydrogen) atoms. The lowest BCUT2D eigenvalue weighted by Gasteiger charge is -2.21. The van der Waals surface area contributed by atoms with E-state index in [0.29, 0.717) is 16.8 Å². The van der Waals surface area contributed by atoms with Gasteiger partial charge in [0.15, 0.2) is 0 Å². The molecule has 0 radical (unpaired) electrons. The van der Waals surface area contributed by atoms with E-state index in [1.54, 1.807) is 0 Å². The molecule has 1 aromatic heterocycles. The first-order chi connectivity index (χ1) is 7.31. The fraction of sp³-hybridized carbons (Fsp3) is 0.600. The van der Waals surface area contributed by atoms with Crippen LogP contribution in [0.3, 0.4) is 0 Å². The van der Waals surface area contributed by atoms with Gasteiger partial charge in [-0.2, -0.15) is 5.10 Å². The first-order valence-electron chi connectivity index (χ1n) is 4.96. The molecule has 0 unspecified atom stereocenters. The van der Waals surface area contributed by atoms with Gasteiger partial charge in [-0.25, -0.2) is 0 Å². The molecule has 1 saturated heterocycles. The van der Waals surface area contributed by atoms with Crippen molar-refractivity contribution in [3.8, 4) is 5.88 Å². The molecule has 82 valence electrons. The van der Waals surface area contributed by atoms with Crippen LogP contribution in [0.15, 0.2) is 6.07 Å². The summed E-state index contributed by atoms with van der Waals surface area (Å²) in [6, 6.07) is 1.84. The summed E-state index contributed by atoms with van der Waals surface area (Å²) < 4.78 is 10.2. The Morgan fingerprint density at radius 1 is 1.40 bits per heavy atom. The number of ether oxygens (including phenoxy) is 2. The lowest BCUT2D eigenvalue weighted by Crippen LogP contribution is -2.15. The van der Waals surface area contributed by atoms with E-state index in [4.69, 9.17) is 21.1 Å². The van der Waals surface area contributed by atoms with Crippen molar-refractivity contribution in [2.75, 3.05) is 20.3 Å². The second-order valence-corrected chi connectivity index (χ2v) is 3.92. The Kier molecular flexibility index (Phi) is 3.38. The molecule has 1 aliphatic heterocycles. The van der Waals surface area contributed by atoms with Crippen molar-refractivity contribution in [3.63, 3.8) is 0 Å². The zero-order valence-corrected chi connectivity index (χ0v) is 9.33. The molecule has 0 aliphatic carbocycles. The van der Waals surface area contributed by atoms with Gasteiger partial charge in [0.05, 0.1) is 12.8 Å². The van der Waals surface area contributed by atoms with Crippen LogP contribution in [0.5, 0.6) is 5.88 Å². The molecule has 0 atom stereocenters. The third-order valence-corrected chi connectivity index (χ3v) is 2.84. The quantitative estimate of drug-likeness (QED) is 0.777. The first-order valence-corrected chi connectivity index (χ1v) is 5.34. The summed E-state index contributed by atoms with van der Waals surface area (Å²) >= 11 is 5.99. The standard InChI is InChI=1S/C10H13ClN2O2/c1-14-10-8(11)6-9(12-13-10)7-2-4-15-5-3-7/h6-7H,2-5H2,1H3. The lowest BCUT2D eigenvalue weighted by atomic mass is 9.96. The maximum Gasteiger partial charge on any atom is 0.252 e. The third-order valence-electron chi connectivity index (χ3n) is 2.57. The average molecular weight is 229 g/mol. The van der Waals surface area contributed by atoms with Gasteiger partial charge in [-0.05, 0) is 18.9 Å². The first kappa shape index (κ1) is 10.6. The van der Waals surface area contributed by atoms with Crippen molar-refractivity contribution in [2.24, 2.45) is 0 Å². The molecule has 0 aromatic carbocycles. The van der Waals surface area contributed by atoms with Crippen molar-refractivity contribution < 1.29 is 9.47 Å². The Hall–Kier alpha value is -0.870. The summed E-state index contributed by atoms with van der Waals surface area (Å²) in [6.45, 7) is 1.58. The molecule has 0 N–H and O–H groups in total. The molecule has 0 bridgehead atoms. The van der Waals surface area contributed by atoms with E-state index in [1.165, 1.54) is 7.11 Å². The molecule has 2 rings (SSSR count). The minimum atomic E-state index is 0.382. The minimum absolute atomic E-state index is 0.382. The molecule has 2 heterocycles. The average Bonchev–Trinajstić information content (AvgIpc) is 2.30. The Balaban J connectivity index is 2.17. The molecule has 1 aromatic rings. The zero-order valence-electron chi connectivity index (χ0n) is 8.57. The maximum atomic E-state index is 5.99. The smallest absolute Gasteiger partial charge is 0.252 e. The van der Waals surface area contributed by atoms with Crippen LogP contribution >= 0.6 is 11.6 Å². The predicted molar refractivity (Wildman–Crippen MR) is 56.4 cm³/mol. The fourth-order valence-electron chi connectivity index (χ4n) is 1.70. The summed E-state index contributed by atoms with van der Waals surface area (Å²) in [7, 11) is 1.53. The number of aromatic nitrogens is 2. The number of hydrogen-bond acceptors (Lipinski definition) is 4. The van der Waals surface area contributed by atoms with Crippen molar-refractivity contribution in [3.05, 3.63) is 16.8 Å². The lowest BCUT2D eigenvalue weighted by molar-refractivity contribution is 0.0843. The molecule has 0 amide bonds. The van der Waals surface area contributed by atoms with Gasteiger partial charge in [-0.1, -0.05) is 11.6 Å². The SMILES string of the molecule is COc1nnc(C2CCOCC2)cc1Cl. The van der Waals surface area contributed by atoms with Crippen LogP contribution in [0.2, 0.25) is 5.02 Å². The van der Waals surface area contributed by atoms with Crippen molar-refractivity contribution in [1.29, 1.82) is 0 Å². The van der Waals surface area contributed by atoms with Crippen LogP contribution in [0.4, 0.5) is 0 Å². The zero-order chi connectivity index (χ0) is 10.7. The highest BCUT2D eigenvalue weighted by atomic mass is 35.5. The van der Waals surface area contributed by atoms with E-state index < -0.39 is 0 Å². The Morgan fingerprint density at radius 2 is 2.13 bits per heavy atom. The van der Waals surface area contributed by atoms with E-state index in [2.05, 4.69) is 10.2 Å². The van der Waals surface area contributed by atoms with E-state index in [0.717, 1.165) is 31.7 Å². The number of rotatable bonds is 2. The number of methoxy groups -OCH3 is 1. The predicted octanol–water partition coefficient (Wildman–Crippen LogP) is 2.03. The largest absolute Gasteiger partial charge is 0.479 e. The Bertz CT molecular complexity index is 340. The van der Waals surface area contributed by atoms with Crippen LogP contribution in [0, 0.1) is 0 Å². The van der Waals surface area contributed by atoms with Crippen molar-refractivity contribution in [2.45, 2.75) is 18.8 Å².